The molecule has 28 heavy (non-hydrogen) atoms. The number of halogens is 3. The van der Waals surface area contributed by atoms with E-state index in [9.17, 15) is 18.0 Å². The Morgan fingerprint density at radius 3 is 2.61 bits per heavy atom. The molecule has 0 spiro atoms. The second kappa shape index (κ2) is 7.22. The van der Waals surface area contributed by atoms with Crippen LogP contribution in [0.5, 0.6) is 0 Å². The Bertz CT molecular complexity index is 883. The van der Waals surface area contributed by atoms with Crippen LogP contribution in [-0.2, 0) is 24.0 Å². The molecule has 0 aliphatic carbocycles. The van der Waals surface area contributed by atoms with Crippen molar-refractivity contribution >= 4 is 11.6 Å². The minimum atomic E-state index is -4.51. The van der Waals surface area contributed by atoms with Crippen molar-refractivity contribution in [1.29, 1.82) is 0 Å². The van der Waals surface area contributed by atoms with Gasteiger partial charge in [0.1, 0.15) is 0 Å². The minimum Gasteiger partial charge on any atom is -0.376 e. The van der Waals surface area contributed by atoms with Crippen LogP contribution >= 0.6 is 0 Å². The number of anilines is 1. The molecule has 2 aromatic rings. The highest BCUT2D eigenvalue weighted by atomic mass is 19.4. The van der Waals surface area contributed by atoms with Gasteiger partial charge in [0.05, 0.1) is 24.8 Å². The van der Waals surface area contributed by atoms with E-state index in [1.807, 2.05) is 6.92 Å². The van der Waals surface area contributed by atoms with Crippen molar-refractivity contribution in [3.8, 4) is 0 Å². The van der Waals surface area contributed by atoms with Gasteiger partial charge in [0.25, 0.3) is 5.91 Å². The van der Waals surface area contributed by atoms with E-state index in [1.165, 1.54) is 11.0 Å². The van der Waals surface area contributed by atoms with Crippen LogP contribution in [0.25, 0.3) is 0 Å². The quantitative estimate of drug-likeness (QED) is 0.792. The van der Waals surface area contributed by atoms with Gasteiger partial charge in [-0.3, -0.25) is 9.69 Å². The fourth-order valence-electron chi connectivity index (χ4n) is 3.92. The molecule has 4 nitrogen and oxygen atoms in total. The molecule has 7 heteroatoms. The molecule has 0 radical (unpaired) electrons. The third-order valence-electron chi connectivity index (χ3n) is 5.21. The zero-order chi connectivity index (χ0) is 19.9. The summed E-state index contributed by atoms with van der Waals surface area (Å²) in [7, 11) is 0. The Morgan fingerprint density at radius 2 is 1.93 bits per heavy atom. The number of benzene rings is 2. The van der Waals surface area contributed by atoms with Crippen LogP contribution in [0.3, 0.4) is 0 Å². The molecule has 0 N–H and O–H groups in total. The Morgan fingerprint density at radius 1 is 1.18 bits per heavy atom. The average molecular weight is 390 g/mol. The van der Waals surface area contributed by atoms with Crippen molar-refractivity contribution in [1.82, 2.24) is 4.90 Å². The molecule has 0 unspecified atom stereocenters. The molecule has 2 aliphatic rings. The van der Waals surface area contributed by atoms with Gasteiger partial charge in [0, 0.05) is 30.9 Å². The highest BCUT2D eigenvalue weighted by Gasteiger charge is 2.40. The van der Waals surface area contributed by atoms with E-state index in [1.54, 1.807) is 36.4 Å². The Kier molecular flexibility index (Phi) is 4.89. The normalized spacial score (nSPS) is 20.5. The van der Waals surface area contributed by atoms with Crippen LogP contribution in [0.4, 0.5) is 18.9 Å². The summed E-state index contributed by atoms with van der Waals surface area (Å²) in [6, 6.07) is 11.6. The zero-order valence-electron chi connectivity index (χ0n) is 15.5. The number of nitrogens with zero attached hydrogens (tertiary/aromatic N) is 2. The van der Waals surface area contributed by atoms with Gasteiger partial charge in [0.2, 0.25) is 0 Å². The van der Waals surface area contributed by atoms with E-state index in [2.05, 4.69) is 4.90 Å². The molecule has 0 aromatic heterocycles. The van der Waals surface area contributed by atoms with E-state index >= 15 is 0 Å². The largest absolute Gasteiger partial charge is 0.416 e. The fourth-order valence-corrected chi connectivity index (χ4v) is 3.92. The summed E-state index contributed by atoms with van der Waals surface area (Å²) in [5.41, 5.74) is 0.590. The Hall–Kier alpha value is -2.38. The van der Waals surface area contributed by atoms with Crippen molar-refractivity contribution in [3.05, 3.63) is 64.7 Å². The fraction of sp³-hybridized carbons (Fsp3) is 0.381. The molecule has 1 amide bonds. The monoisotopic (exact) mass is 390 g/mol. The molecule has 1 saturated heterocycles. The van der Waals surface area contributed by atoms with E-state index in [-0.39, 0.29) is 29.7 Å². The van der Waals surface area contributed by atoms with Crippen LogP contribution < -0.4 is 4.90 Å². The van der Waals surface area contributed by atoms with E-state index in [4.69, 9.17) is 4.74 Å². The SMILES string of the molecule is C[C@@H]1CN(Cc2cc3c(c(C(F)(F)F)c2)CN(c2ccccc2)C3=O)CCO1. The maximum atomic E-state index is 13.8. The van der Waals surface area contributed by atoms with Crippen molar-refractivity contribution in [2.45, 2.75) is 32.3 Å². The standard InChI is InChI=1S/C21H21F3N2O2/c1-14-11-25(7-8-28-14)12-15-9-17-18(19(10-15)21(22,23)24)13-26(20(17)27)16-5-3-2-4-6-16/h2-6,9-10,14H,7-8,11-13H2,1H3/t14-/m1/s1. The summed E-state index contributed by atoms with van der Waals surface area (Å²) < 4.78 is 46.8. The molecule has 4 rings (SSSR count). The number of morpholine rings is 1. The number of carbonyl (C=O) groups excluding carboxylic acids is 1. The Labute approximate surface area is 161 Å². The zero-order valence-corrected chi connectivity index (χ0v) is 15.5. The number of amides is 1. The number of hydrogen-bond donors (Lipinski definition) is 0. The van der Waals surface area contributed by atoms with E-state index < -0.39 is 11.7 Å². The average Bonchev–Trinajstić information content (AvgIpc) is 2.98. The maximum Gasteiger partial charge on any atom is 0.416 e. The van der Waals surface area contributed by atoms with Crippen molar-refractivity contribution in [2.24, 2.45) is 0 Å². The lowest BCUT2D eigenvalue weighted by Crippen LogP contribution is -2.40. The van der Waals surface area contributed by atoms with E-state index in [0.29, 0.717) is 37.5 Å². The number of alkyl halides is 3. The van der Waals surface area contributed by atoms with Gasteiger partial charge in [0.15, 0.2) is 0 Å². The van der Waals surface area contributed by atoms with Gasteiger partial charge >= 0.3 is 6.18 Å². The highest BCUT2D eigenvalue weighted by Crippen LogP contribution is 2.39. The molecule has 1 fully saturated rings. The number of carbonyl (C=O) groups is 1. The third kappa shape index (κ3) is 3.64. The third-order valence-corrected chi connectivity index (χ3v) is 5.21. The number of hydrogen-bond acceptors (Lipinski definition) is 3. The van der Waals surface area contributed by atoms with Crippen LogP contribution in [0.15, 0.2) is 42.5 Å². The highest BCUT2D eigenvalue weighted by molar-refractivity contribution is 6.10. The van der Waals surface area contributed by atoms with Crippen LogP contribution in [0.2, 0.25) is 0 Å². The number of para-hydroxylation sites is 1. The van der Waals surface area contributed by atoms with Crippen molar-refractivity contribution in [2.75, 3.05) is 24.6 Å². The minimum absolute atomic E-state index is 0.0421. The molecule has 2 heterocycles. The molecule has 148 valence electrons. The van der Waals surface area contributed by atoms with Gasteiger partial charge in [-0.05, 0) is 42.3 Å². The van der Waals surface area contributed by atoms with E-state index in [0.717, 1.165) is 0 Å². The van der Waals surface area contributed by atoms with Gasteiger partial charge in [-0.15, -0.1) is 0 Å². The topological polar surface area (TPSA) is 32.8 Å². The van der Waals surface area contributed by atoms with Crippen LogP contribution in [-0.4, -0.2) is 36.6 Å². The first-order chi connectivity index (χ1) is 13.3. The number of fused-ring (bicyclic) bond motifs is 1. The second-order valence-corrected chi connectivity index (χ2v) is 7.31. The molecule has 2 aromatic carbocycles. The molecular weight excluding hydrogens is 369 g/mol. The summed E-state index contributed by atoms with van der Waals surface area (Å²) in [6.45, 7) is 4.11. The van der Waals surface area contributed by atoms with Gasteiger partial charge < -0.3 is 9.64 Å². The number of ether oxygens (including phenoxy) is 1. The summed E-state index contributed by atoms with van der Waals surface area (Å²) in [5, 5.41) is 0. The van der Waals surface area contributed by atoms with Gasteiger partial charge in [-0.1, -0.05) is 18.2 Å². The maximum absolute atomic E-state index is 13.8. The van der Waals surface area contributed by atoms with Gasteiger partial charge in [-0.2, -0.15) is 13.2 Å². The van der Waals surface area contributed by atoms with Crippen molar-refractivity contribution in [3.63, 3.8) is 0 Å². The van der Waals surface area contributed by atoms with Crippen molar-refractivity contribution < 1.29 is 22.7 Å². The van der Waals surface area contributed by atoms with Crippen LogP contribution in [0.1, 0.15) is 34.0 Å². The second-order valence-electron chi connectivity index (χ2n) is 7.31. The molecule has 0 bridgehead atoms. The molecule has 2 aliphatic heterocycles. The first-order valence-corrected chi connectivity index (χ1v) is 9.27. The lowest BCUT2D eigenvalue weighted by Gasteiger charge is -2.31. The van der Waals surface area contributed by atoms with Crippen LogP contribution in [0, 0.1) is 0 Å². The number of rotatable bonds is 3. The lowest BCUT2D eigenvalue weighted by atomic mass is 9.98. The summed E-state index contributed by atoms with van der Waals surface area (Å²) >= 11 is 0. The lowest BCUT2D eigenvalue weighted by molar-refractivity contribution is -0.138. The smallest absolute Gasteiger partial charge is 0.376 e. The van der Waals surface area contributed by atoms with Gasteiger partial charge in [-0.25, -0.2) is 0 Å². The summed E-state index contributed by atoms with van der Waals surface area (Å²) in [4.78, 5) is 16.4. The molecular formula is C21H21F3N2O2. The molecule has 0 saturated carbocycles. The predicted octanol–water partition coefficient (Wildman–Crippen LogP) is 4.09. The summed E-state index contributed by atoms with van der Waals surface area (Å²) in [6.07, 6.45) is -4.47. The first-order valence-electron chi connectivity index (χ1n) is 9.27. The summed E-state index contributed by atoms with van der Waals surface area (Å²) in [5.74, 6) is -0.385. The molecule has 1 atom stereocenters. The first kappa shape index (κ1) is 19.0. The predicted molar refractivity (Wildman–Crippen MR) is 99.1 cm³/mol. The Balaban J connectivity index is 1.70.